The Kier molecular flexibility index (Phi) is 6.59. The van der Waals surface area contributed by atoms with Gasteiger partial charge in [-0.25, -0.2) is 4.98 Å². The third-order valence-corrected chi connectivity index (χ3v) is 4.65. The van der Waals surface area contributed by atoms with Crippen LogP contribution in [0.1, 0.15) is 20.3 Å². The van der Waals surface area contributed by atoms with Gasteiger partial charge in [0.1, 0.15) is 0 Å². The molecule has 132 valence electrons. The van der Waals surface area contributed by atoms with E-state index < -0.39 is 0 Å². The summed E-state index contributed by atoms with van der Waals surface area (Å²) in [7, 11) is 1.68. The number of nitrogens with zero attached hydrogens (tertiary/aromatic N) is 4. The van der Waals surface area contributed by atoms with E-state index in [-0.39, 0.29) is 23.1 Å². The minimum Gasteiger partial charge on any atom is -0.344 e. The number of nitriles is 1. The van der Waals surface area contributed by atoms with Crippen molar-refractivity contribution in [3.05, 3.63) is 34.6 Å². The maximum absolute atomic E-state index is 12.8. The van der Waals surface area contributed by atoms with Crippen LogP contribution in [0.5, 0.6) is 0 Å². The second-order valence-electron chi connectivity index (χ2n) is 6.23. The average Bonchev–Trinajstić information content (AvgIpc) is 2.60. The lowest BCUT2D eigenvalue weighted by atomic mass is 10.2. The van der Waals surface area contributed by atoms with Gasteiger partial charge in [0.15, 0.2) is 5.16 Å². The molecule has 0 atom stereocenters. The fourth-order valence-electron chi connectivity index (χ4n) is 2.36. The largest absolute Gasteiger partial charge is 0.344 e. The van der Waals surface area contributed by atoms with Crippen LogP contribution in [0.4, 0.5) is 0 Å². The zero-order chi connectivity index (χ0) is 18.4. The molecule has 0 saturated carbocycles. The predicted molar refractivity (Wildman–Crippen MR) is 99.4 cm³/mol. The molecule has 0 bridgehead atoms. The van der Waals surface area contributed by atoms with Crippen molar-refractivity contribution < 1.29 is 4.79 Å². The Labute approximate surface area is 151 Å². The van der Waals surface area contributed by atoms with Gasteiger partial charge in [-0.1, -0.05) is 37.7 Å². The molecule has 0 saturated heterocycles. The Bertz CT molecular complexity index is 854. The van der Waals surface area contributed by atoms with Crippen molar-refractivity contribution in [2.75, 3.05) is 19.3 Å². The van der Waals surface area contributed by atoms with E-state index >= 15 is 0 Å². The number of hydrogen-bond donors (Lipinski definition) is 0. The summed E-state index contributed by atoms with van der Waals surface area (Å²) >= 11 is 1.27. The smallest absolute Gasteiger partial charge is 0.262 e. The molecule has 7 heteroatoms. The molecule has 0 radical (unpaired) electrons. The van der Waals surface area contributed by atoms with Crippen molar-refractivity contribution in [3.8, 4) is 6.07 Å². The highest BCUT2D eigenvalue weighted by Crippen LogP contribution is 2.19. The number of para-hydroxylation sites is 1. The molecule has 1 aromatic carbocycles. The highest BCUT2D eigenvalue weighted by Gasteiger charge is 2.15. The number of rotatable bonds is 7. The lowest BCUT2D eigenvalue weighted by molar-refractivity contribution is -0.127. The second-order valence-corrected chi connectivity index (χ2v) is 7.18. The third-order valence-electron chi connectivity index (χ3n) is 3.68. The van der Waals surface area contributed by atoms with Crippen molar-refractivity contribution in [1.82, 2.24) is 14.5 Å². The van der Waals surface area contributed by atoms with Gasteiger partial charge >= 0.3 is 0 Å². The summed E-state index contributed by atoms with van der Waals surface area (Å²) in [6.45, 7) is 5.03. The molecule has 0 unspecified atom stereocenters. The van der Waals surface area contributed by atoms with E-state index in [9.17, 15) is 9.59 Å². The highest BCUT2D eigenvalue weighted by molar-refractivity contribution is 7.99. The van der Waals surface area contributed by atoms with Crippen molar-refractivity contribution in [3.63, 3.8) is 0 Å². The summed E-state index contributed by atoms with van der Waals surface area (Å²) < 4.78 is 1.65. The second kappa shape index (κ2) is 8.67. The lowest BCUT2D eigenvalue weighted by Crippen LogP contribution is -2.30. The van der Waals surface area contributed by atoms with Crippen molar-refractivity contribution in [2.24, 2.45) is 5.92 Å². The SMILES string of the molecule is CC(C)Cn1c(SCC(=O)N(C)CCC#N)nc2ccccc2c1=O. The first-order valence-electron chi connectivity index (χ1n) is 8.17. The summed E-state index contributed by atoms with van der Waals surface area (Å²) in [5.41, 5.74) is 0.562. The first-order valence-corrected chi connectivity index (χ1v) is 9.16. The number of hydrogen-bond acceptors (Lipinski definition) is 5. The van der Waals surface area contributed by atoms with Crippen LogP contribution in [-0.2, 0) is 11.3 Å². The van der Waals surface area contributed by atoms with E-state index in [0.29, 0.717) is 35.6 Å². The lowest BCUT2D eigenvalue weighted by Gasteiger charge is -2.17. The van der Waals surface area contributed by atoms with Crippen LogP contribution in [0.25, 0.3) is 10.9 Å². The molecule has 1 heterocycles. The fraction of sp³-hybridized carbons (Fsp3) is 0.444. The van der Waals surface area contributed by atoms with Crippen LogP contribution >= 0.6 is 11.8 Å². The number of aromatic nitrogens is 2. The zero-order valence-electron chi connectivity index (χ0n) is 14.7. The fourth-order valence-corrected chi connectivity index (χ4v) is 3.31. The first-order chi connectivity index (χ1) is 11.9. The number of carbonyl (C=O) groups is 1. The molecule has 6 nitrogen and oxygen atoms in total. The van der Waals surface area contributed by atoms with Crippen LogP contribution < -0.4 is 5.56 Å². The van der Waals surface area contributed by atoms with Crippen LogP contribution in [0, 0.1) is 17.2 Å². The zero-order valence-corrected chi connectivity index (χ0v) is 15.5. The monoisotopic (exact) mass is 358 g/mol. The minimum atomic E-state index is -0.0845. The Morgan fingerprint density at radius 3 is 2.80 bits per heavy atom. The number of thioether (sulfide) groups is 1. The van der Waals surface area contributed by atoms with E-state index in [4.69, 9.17) is 5.26 Å². The first kappa shape index (κ1) is 19.0. The molecule has 1 amide bonds. The standard InChI is InChI=1S/C18H22N4O2S/c1-13(2)11-22-17(24)14-7-4-5-8-15(14)20-18(22)25-12-16(23)21(3)10-6-9-19/h4-5,7-8,13H,6,10-12H2,1-3H3. The number of benzene rings is 1. The predicted octanol–water partition coefficient (Wildman–Crippen LogP) is 2.52. The molecule has 0 aliphatic heterocycles. The van der Waals surface area contributed by atoms with Gasteiger partial charge in [-0.3, -0.25) is 14.2 Å². The van der Waals surface area contributed by atoms with E-state index in [1.54, 1.807) is 23.7 Å². The topological polar surface area (TPSA) is 79.0 Å². The normalized spacial score (nSPS) is 10.8. The molecule has 0 N–H and O–H groups in total. The van der Waals surface area contributed by atoms with Crippen molar-refractivity contribution >= 4 is 28.6 Å². The van der Waals surface area contributed by atoms with E-state index in [1.165, 1.54) is 16.7 Å². The van der Waals surface area contributed by atoms with Gasteiger partial charge in [0.2, 0.25) is 5.91 Å². The van der Waals surface area contributed by atoms with Crippen molar-refractivity contribution in [1.29, 1.82) is 5.26 Å². The Balaban J connectivity index is 2.28. The van der Waals surface area contributed by atoms with Crippen LogP contribution in [0.15, 0.2) is 34.2 Å². The third kappa shape index (κ3) is 4.83. The molecule has 0 spiro atoms. The van der Waals surface area contributed by atoms with Gasteiger partial charge < -0.3 is 4.90 Å². The van der Waals surface area contributed by atoms with Crippen LogP contribution in [0.3, 0.4) is 0 Å². The van der Waals surface area contributed by atoms with E-state index in [1.807, 2.05) is 32.0 Å². The molecule has 0 fully saturated rings. The van der Waals surface area contributed by atoms with Gasteiger partial charge in [0, 0.05) is 20.1 Å². The number of amides is 1. The minimum absolute atomic E-state index is 0.0768. The molecule has 0 aliphatic carbocycles. The summed E-state index contributed by atoms with van der Waals surface area (Å²) in [6.07, 6.45) is 0.305. The number of fused-ring (bicyclic) bond motifs is 1. The molecule has 1 aromatic heterocycles. The maximum atomic E-state index is 12.8. The van der Waals surface area contributed by atoms with E-state index in [0.717, 1.165) is 0 Å². The van der Waals surface area contributed by atoms with Gasteiger partial charge in [0.05, 0.1) is 29.1 Å². The van der Waals surface area contributed by atoms with Gasteiger partial charge in [-0.15, -0.1) is 0 Å². The van der Waals surface area contributed by atoms with Gasteiger partial charge in [-0.05, 0) is 18.1 Å². The Morgan fingerprint density at radius 2 is 2.12 bits per heavy atom. The van der Waals surface area contributed by atoms with Gasteiger partial charge in [-0.2, -0.15) is 5.26 Å². The molecule has 2 rings (SSSR count). The summed E-state index contributed by atoms with van der Waals surface area (Å²) in [6, 6.07) is 9.28. The quantitative estimate of drug-likeness (QED) is 0.561. The summed E-state index contributed by atoms with van der Waals surface area (Å²) in [5.74, 6) is 0.387. The van der Waals surface area contributed by atoms with E-state index in [2.05, 4.69) is 4.98 Å². The van der Waals surface area contributed by atoms with Crippen LogP contribution in [0.2, 0.25) is 0 Å². The van der Waals surface area contributed by atoms with Crippen LogP contribution in [-0.4, -0.2) is 39.7 Å². The summed E-state index contributed by atoms with van der Waals surface area (Å²) in [4.78, 5) is 31.1. The molecule has 2 aromatic rings. The maximum Gasteiger partial charge on any atom is 0.262 e. The average molecular weight is 358 g/mol. The van der Waals surface area contributed by atoms with Crippen molar-refractivity contribution in [2.45, 2.75) is 32.0 Å². The van der Waals surface area contributed by atoms with Gasteiger partial charge in [0.25, 0.3) is 5.56 Å². The molecular weight excluding hydrogens is 336 g/mol. The Hall–Kier alpha value is -2.33. The highest BCUT2D eigenvalue weighted by atomic mass is 32.2. The summed E-state index contributed by atoms with van der Waals surface area (Å²) in [5, 5.41) is 9.76. The molecule has 25 heavy (non-hydrogen) atoms. The molecule has 0 aliphatic rings. The number of carbonyl (C=O) groups excluding carboxylic acids is 1. The Morgan fingerprint density at radius 1 is 1.40 bits per heavy atom. The molecular formula is C18H22N4O2S.